The van der Waals surface area contributed by atoms with Gasteiger partial charge >= 0.3 is 0 Å². The smallest absolute Gasteiger partial charge is 0.189 e. The molecular weight excluding hydrogens is 330 g/mol. The number of nitriles is 1. The predicted molar refractivity (Wildman–Crippen MR) is 102 cm³/mol. The van der Waals surface area contributed by atoms with Crippen molar-refractivity contribution in [2.24, 2.45) is 0 Å². The molecule has 1 aliphatic heterocycles. The van der Waals surface area contributed by atoms with Gasteiger partial charge in [-0.25, -0.2) is 9.97 Å². The van der Waals surface area contributed by atoms with Gasteiger partial charge in [-0.3, -0.25) is 4.90 Å². The summed E-state index contributed by atoms with van der Waals surface area (Å²) in [5, 5.41) is 9.72. The Labute approximate surface area is 153 Å². The first kappa shape index (κ1) is 17.7. The fourth-order valence-electron chi connectivity index (χ4n) is 3.24. The third-order valence-electron chi connectivity index (χ3n) is 4.73. The molecule has 0 atom stereocenters. The number of piperidine rings is 1. The molecule has 1 fully saturated rings. The summed E-state index contributed by atoms with van der Waals surface area (Å²) >= 11 is 1.58. The molecule has 0 amide bonds. The lowest BCUT2D eigenvalue weighted by Gasteiger charge is -2.37. The van der Waals surface area contributed by atoms with Gasteiger partial charge in [0.15, 0.2) is 5.16 Å². The van der Waals surface area contributed by atoms with Crippen molar-refractivity contribution in [2.75, 3.05) is 31.3 Å². The van der Waals surface area contributed by atoms with E-state index in [-0.39, 0.29) is 0 Å². The summed E-state index contributed by atoms with van der Waals surface area (Å²) in [5.41, 5.74) is 1.97. The Morgan fingerprint density at radius 2 is 1.96 bits per heavy atom. The summed E-state index contributed by atoms with van der Waals surface area (Å²) in [4.78, 5) is 13.6. The van der Waals surface area contributed by atoms with Crippen molar-refractivity contribution in [2.45, 2.75) is 30.6 Å². The van der Waals surface area contributed by atoms with E-state index in [1.807, 2.05) is 30.7 Å². The zero-order valence-electron chi connectivity index (χ0n) is 14.7. The van der Waals surface area contributed by atoms with Gasteiger partial charge in [-0.2, -0.15) is 5.26 Å². The molecule has 5 nitrogen and oxygen atoms in total. The highest BCUT2D eigenvalue weighted by Gasteiger charge is 2.23. The van der Waals surface area contributed by atoms with Crippen LogP contribution in [0, 0.1) is 11.3 Å². The molecule has 130 valence electrons. The summed E-state index contributed by atoms with van der Waals surface area (Å²) in [6, 6.07) is 12.6. The van der Waals surface area contributed by atoms with Crippen molar-refractivity contribution in [3.8, 4) is 6.07 Å². The van der Waals surface area contributed by atoms with Crippen LogP contribution < -0.4 is 4.90 Å². The largest absolute Gasteiger partial charge is 0.356 e. The van der Waals surface area contributed by atoms with E-state index >= 15 is 0 Å². The van der Waals surface area contributed by atoms with Crippen LogP contribution in [0.25, 0.3) is 0 Å². The minimum Gasteiger partial charge on any atom is -0.356 e. The van der Waals surface area contributed by atoms with Gasteiger partial charge in [-0.1, -0.05) is 23.9 Å². The third kappa shape index (κ3) is 4.50. The van der Waals surface area contributed by atoms with Crippen molar-refractivity contribution in [1.82, 2.24) is 14.9 Å². The van der Waals surface area contributed by atoms with Crippen LogP contribution in [0.5, 0.6) is 0 Å². The molecule has 0 radical (unpaired) electrons. The molecule has 1 aromatic heterocycles. The molecule has 0 unspecified atom stereocenters. The number of aromatic nitrogens is 2. The van der Waals surface area contributed by atoms with Crippen LogP contribution in [-0.2, 0) is 6.54 Å². The highest BCUT2D eigenvalue weighted by molar-refractivity contribution is 7.98. The van der Waals surface area contributed by atoms with Crippen LogP contribution in [0.15, 0.2) is 41.7 Å². The van der Waals surface area contributed by atoms with E-state index in [9.17, 15) is 0 Å². The first-order valence-electron chi connectivity index (χ1n) is 8.51. The molecule has 2 aromatic rings. The first-order valence-corrected chi connectivity index (χ1v) is 9.73. The molecule has 0 saturated carbocycles. The minimum atomic E-state index is 0.578. The van der Waals surface area contributed by atoms with E-state index < -0.39 is 0 Å². The molecular formula is C19H23N5S. The number of nitrogens with zero attached hydrogens (tertiary/aromatic N) is 5. The van der Waals surface area contributed by atoms with Gasteiger partial charge in [0.05, 0.1) is 11.6 Å². The summed E-state index contributed by atoms with van der Waals surface area (Å²) in [6.07, 6.45) is 6.11. The van der Waals surface area contributed by atoms with Gasteiger partial charge in [0, 0.05) is 31.9 Å². The molecule has 25 heavy (non-hydrogen) atoms. The average Bonchev–Trinajstić information content (AvgIpc) is 2.68. The molecule has 1 saturated heterocycles. The number of benzene rings is 1. The minimum absolute atomic E-state index is 0.578. The van der Waals surface area contributed by atoms with Gasteiger partial charge in [0.1, 0.15) is 5.82 Å². The Kier molecular flexibility index (Phi) is 5.90. The highest BCUT2D eigenvalue weighted by Crippen LogP contribution is 2.22. The van der Waals surface area contributed by atoms with Crippen LogP contribution in [0.4, 0.5) is 5.82 Å². The molecule has 0 N–H and O–H groups in total. The fourth-order valence-corrected chi connectivity index (χ4v) is 3.59. The lowest BCUT2D eigenvalue weighted by atomic mass is 10.0. The Balaban J connectivity index is 1.55. The maximum absolute atomic E-state index is 8.89. The third-order valence-corrected chi connectivity index (χ3v) is 5.29. The highest BCUT2D eigenvalue weighted by atomic mass is 32.2. The zero-order chi connectivity index (χ0) is 17.6. The standard InChI is InChI=1S/C19H23N5S/c1-23(14-16-5-3-15(13-20)4-6-16)17-8-11-24(12-9-17)18-7-10-21-19(22-18)25-2/h3-7,10,17H,8-9,11-12,14H2,1-2H3. The molecule has 3 rings (SSSR count). The maximum Gasteiger partial charge on any atom is 0.189 e. The first-order chi connectivity index (χ1) is 12.2. The second-order valence-electron chi connectivity index (χ2n) is 6.34. The molecule has 1 aliphatic rings. The van der Waals surface area contributed by atoms with Crippen LogP contribution in [-0.4, -0.2) is 47.3 Å². The number of anilines is 1. The van der Waals surface area contributed by atoms with E-state index in [1.54, 1.807) is 11.8 Å². The monoisotopic (exact) mass is 353 g/mol. The molecule has 2 heterocycles. The Morgan fingerprint density at radius 3 is 2.60 bits per heavy atom. The average molecular weight is 353 g/mol. The summed E-state index contributed by atoms with van der Waals surface area (Å²) in [5.74, 6) is 1.03. The second kappa shape index (κ2) is 8.32. The van der Waals surface area contributed by atoms with Crippen molar-refractivity contribution in [1.29, 1.82) is 5.26 Å². The Morgan fingerprint density at radius 1 is 1.24 bits per heavy atom. The molecule has 0 spiro atoms. The van der Waals surface area contributed by atoms with E-state index in [1.165, 1.54) is 5.56 Å². The topological polar surface area (TPSA) is 56.1 Å². The normalized spacial score (nSPS) is 15.4. The van der Waals surface area contributed by atoms with Crippen molar-refractivity contribution >= 4 is 17.6 Å². The molecule has 0 aliphatic carbocycles. The van der Waals surface area contributed by atoms with Gasteiger partial charge in [0.25, 0.3) is 0 Å². The van der Waals surface area contributed by atoms with Gasteiger partial charge < -0.3 is 4.90 Å². The fraction of sp³-hybridized carbons (Fsp3) is 0.421. The molecule has 1 aromatic carbocycles. The van der Waals surface area contributed by atoms with E-state index in [4.69, 9.17) is 5.26 Å². The van der Waals surface area contributed by atoms with E-state index in [0.29, 0.717) is 11.6 Å². The summed E-state index contributed by atoms with van der Waals surface area (Å²) in [7, 11) is 2.19. The van der Waals surface area contributed by atoms with E-state index in [2.05, 4.69) is 45.0 Å². The Bertz CT molecular complexity index is 732. The number of rotatable bonds is 5. The number of hydrogen-bond acceptors (Lipinski definition) is 6. The van der Waals surface area contributed by atoms with Gasteiger partial charge in [0.2, 0.25) is 0 Å². The van der Waals surface area contributed by atoms with Crippen LogP contribution in [0.2, 0.25) is 0 Å². The summed E-state index contributed by atoms with van der Waals surface area (Å²) in [6.45, 7) is 2.96. The summed E-state index contributed by atoms with van der Waals surface area (Å²) < 4.78 is 0. The SMILES string of the molecule is CSc1nccc(N2CCC(N(C)Cc3ccc(C#N)cc3)CC2)n1. The molecule has 0 bridgehead atoms. The van der Waals surface area contributed by atoms with Crippen molar-refractivity contribution < 1.29 is 0 Å². The van der Waals surface area contributed by atoms with Crippen LogP contribution in [0.3, 0.4) is 0 Å². The van der Waals surface area contributed by atoms with Crippen LogP contribution in [0.1, 0.15) is 24.0 Å². The molecule has 6 heteroatoms. The second-order valence-corrected chi connectivity index (χ2v) is 7.12. The van der Waals surface area contributed by atoms with Gasteiger partial charge in [-0.15, -0.1) is 0 Å². The quantitative estimate of drug-likeness (QED) is 0.608. The predicted octanol–water partition coefficient (Wildman–Crippen LogP) is 3.17. The van der Waals surface area contributed by atoms with Crippen molar-refractivity contribution in [3.63, 3.8) is 0 Å². The Hall–Kier alpha value is -2.10. The lowest BCUT2D eigenvalue weighted by Crippen LogP contribution is -2.43. The van der Waals surface area contributed by atoms with Gasteiger partial charge in [-0.05, 0) is 49.9 Å². The zero-order valence-corrected chi connectivity index (χ0v) is 15.5. The van der Waals surface area contributed by atoms with Crippen molar-refractivity contribution in [3.05, 3.63) is 47.7 Å². The number of hydrogen-bond donors (Lipinski definition) is 0. The van der Waals surface area contributed by atoms with Crippen LogP contribution >= 0.6 is 11.8 Å². The van der Waals surface area contributed by atoms with E-state index in [0.717, 1.165) is 43.5 Å². The number of thioether (sulfide) groups is 1. The lowest BCUT2D eigenvalue weighted by molar-refractivity contribution is 0.200. The maximum atomic E-state index is 8.89.